The number of imide groups is 1. The molecular weight excluding hydrogens is 528 g/mol. The number of nitrogens with one attached hydrogen (secondary N) is 1. The first-order valence-corrected chi connectivity index (χ1v) is 13.5. The number of nitrogens with zero attached hydrogens (tertiary/aromatic N) is 5. The van der Waals surface area contributed by atoms with E-state index < -0.39 is 6.03 Å². The summed E-state index contributed by atoms with van der Waals surface area (Å²) in [6.45, 7) is 0. The maximum Gasteiger partial charge on any atom is 0.329 e. The number of fused-ring (bicyclic) bond motifs is 3. The van der Waals surface area contributed by atoms with Crippen LogP contribution in [0, 0.1) is 5.92 Å². The lowest BCUT2D eigenvalue weighted by molar-refractivity contribution is -0.124. The molecule has 1 N–H and O–H groups in total. The summed E-state index contributed by atoms with van der Waals surface area (Å²) < 4.78 is 7.27. The molecule has 10 heteroatoms. The molecule has 2 aromatic carbocycles. The summed E-state index contributed by atoms with van der Waals surface area (Å²) in [7, 11) is 1.61. The van der Waals surface area contributed by atoms with E-state index in [0.29, 0.717) is 34.9 Å². The summed E-state index contributed by atoms with van der Waals surface area (Å²) >= 11 is 6.84. The summed E-state index contributed by atoms with van der Waals surface area (Å²) in [6.07, 6.45) is 8.70. The van der Waals surface area contributed by atoms with Crippen LogP contribution in [0.25, 0.3) is 27.5 Å². The highest BCUT2D eigenvalue weighted by Crippen LogP contribution is 2.45. The molecular formula is C30H25ClN6O3. The molecule has 1 aliphatic carbocycles. The molecule has 3 unspecified atom stereocenters. The largest absolute Gasteiger partial charge is 0.493 e. The van der Waals surface area contributed by atoms with Gasteiger partial charge in [0.25, 0.3) is 0 Å². The molecule has 0 bridgehead atoms. The van der Waals surface area contributed by atoms with Crippen molar-refractivity contribution in [2.75, 3.05) is 12.0 Å². The van der Waals surface area contributed by atoms with E-state index in [1.54, 1.807) is 24.0 Å². The van der Waals surface area contributed by atoms with Crippen molar-refractivity contribution in [2.45, 2.75) is 31.2 Å². The minimum Gasteiger partial charge on any atom is -0.493 e. The van der Waals surface area contributed by atoms with Gasteiger partial charge in [-0.1, -0.05) is 48.0 Å². The summed E-state index contributed by atoms with van der Waals surface area (Å²) in [4.78, 5) is 37.0. The highest BCUT2D eigenvalue weighted by Gasteiger charge is 2.46. The second kappa shape index (κ2) is 9.60. The molecule has 200 valence electrons. The summed E-state index contributed by atoms with van der Waals surface area (Å²) in [5, 5.41) is 9.77. The molecule has 2 aliphatic rings. The monoisotopic (exact) mass is 552 g/mol. The SMILES string of the molecule is COc1cc(-c2cccc(Cl)c2C2CCC3C(=O)N(c4cncc5ccccc45)C(=O)NC3C2)cn2ncnc12. The lowest BCUT2D eigenvalue weighted by atomic mass is 9.72. The number of hydrogen-bond donors (Lipinski definition) is 1. The van der Waals surface area contributed by atoms with Crippen molar-refractivity contribution >= 4 is 45.6 Å². The molecule has 1 saturated heterocycles. The van der Waals surface area contributed by atoms with Crippen molar-refractivity contribution in [1.29, 1.82) is 0 Å². The maximum absolute atomic E-state index is 13.8. The third-order valence-corrected chi connectivity index (χ3v) is 8.45. The number of methoxy groups -OCH3 is 1. The fourth-order valence-electron chi connectivity index (χ4n) is 6.28. The van der Waals surface area contributed by atoms with E-state index in [2.05, 4.69) is 20.4 Å². The van der Waals surface area contributed by atoms with Crippen LogP contribution in [0.2, 0.25) is 5.02 Å². The van der Waals surface area contributed by atoms with Crippen LogP contribution in [0.4, 0.5) is 10.5 Å². The predicted molar refractivity (Wildman–Crippen MR) is 152 cm³/mol. The van der Waals surface area contributed by atoms with Crippen molar-refractivity contribution in [3.63, 3.8) is 0 Å². The molecule has 9 nitrogen and oxygen atoms in total. The van der Waals surface area contributed by atoms with Gasteiger partial charge in [0, 0.05) is 39.8 Å². The van der Waals surface area contributed by atoms with E-state index in [1.165, 1.54) is 11.2 Å². The van der Waals surface area contributed by atoms with Crippen LogP contribution >= 0.6 is 11.6 Å². The fourth-order valence-corrected chi connectivity index (χ4v) is 6.61. The standard InChI is InChI=1S/C30H25ClN6O3/c1-40-26-12-19(15-36-28(26)33-16-34-36)21-7-4-8-23(31)27(21)17-9-10-22-24(11-17)35-30(39)37(29(22)38)25-14-32-13-18-5-2-3-6-20(18)25/h2-8,12-17,22,24H,9-11H2,1H3,(H,35,39). The van der Waals surface area contributed by atoms with Crippen molar-refractivity contribution < 1.29 is 14.3 Å². The van der Waals surface area contributed by atoms with Crippen LogP contribution in [0.15, 0.2) is 73.4 Å². The van der Waals surface area contributed by atoms with Gasteiger partial charge >= 0.3 is 6.03 Å². The number of benzene rings is 2. The molecule has 3 atom stereocenters. The highest BCUT2D eigenvalue weighted by atomic mass is 35.5. The van der Waals surface area contributed by atoms with Gasteiger partial charge in [-0.3, -0.25) is 9.78 Å². The zero-order valence-corrected chi connectivity index (χ0v) is 22.4. The van der Waals surface area contributed by atoms with E-state index in [4.69, 9.17) is 16.3 Å². The average molecular weight is 553 g/mol. The molecule has 4 heterocycles. The van der Waals surface area contributed by atoms with Crippen LogP contribution < -0.4 is 15.0 Å². The zero-order chi connectivity index (χ0) is 27.4. The highest BCUT2D eigenvalue weighted by molar-refractivity contribution is 6.32. The zero-order valence-electron chi connectivity index (χ0n) is 21.6. The predicted octanol–water partition coefficient (Wildman–Crippen LogP) is 5.62. The topological polar surface area (TPSA) is 102 Å². The molecule has 7 rings (SSSR count). The lowest BCUT2D eigenvalue weighted by Crippen LogP contribution is -2.61. The number of hydrogen-bond acceptors (Lipinski definition) is 6. The minimum absolute atomic E-state index is 0.0428. The van der Waals surface area contributed by atoms with Crippen molar-refractivity contribution in [3.05, 3.63) is 84.0 Å². The summed E-state index contributed by atoms with van der Waals surface area (Å²) in [5.74, 6) is 0.135. The minimum atomic E-state index is -0.425. The number of halogens is 1. The van der Waals surface area contributed by atoms with Crippen LogP contribution in [0.3, 0.4) is 0 Å². The second-order valence-corrected chi connectivity index (χ2v) is 10.7. The molecule has 1 saturated carbocycles. The van der Waals surface area contributed by atoms with Crippen molar-refractivity contribution in [2.24, 2.45) is 5.92 Å². The van der Waals surface area contributed by atoms with Crippen molar-refractivity contribution in [3.8, 4) is 16.9 Å². The Bertz CT molecular complexity index is 1800. The van der Waals surface area contributed by atoms with E-state index >= 15 is 0 Å². The first kappa shape index (κ1) is 24.5. The van der Waals surface area contributed by atoms with E-state index in [9.17, 15) is 9.59 Å². The Morgan fingerprint density at radius 3 is 2.83 bits per heavy atom. The van der Waals surface area contributed by atoms with Crippen LogP contribution in [-0.2, 0) is 4.79 Å². The number of rotatable bonds is 4. The van der Waals surface area contributed by atoms with Crippen LogP contribution in [0.1, 0.15) is 30.7 Å². The van der Waals surface area contributed by atoms with Gasteiger partial charge in [-0.2, -0.15) is 5.10 Å². The van der Waals surface area contributed by atoms with Gasteiger partial charge in [-0.15, -0.1) is 0 Å². The molecule has 0 spiro atoms. The Hall–Kier alpha value is -4.50. The van der Waals surface area contributed by atoms with Gasteiger partial charge in [-0.05, 0) is 48.4 Å². The van der Waals surface area contributed by atoms with Gasteiger partial charge in [0.2, 0.25) is 5.91 Å². The van der Waals surface area contributed by atoms with Gasteiger partial charge in [0.05, 0.1) is 24.9 Å². The van der Waals surface area contributed by atoms with E-state index in [0.717, 1.165) is 33.9 Å². The summed E-state index contributed by atoms with van der Waals surface area (Å²) in [5.41, 5.74) is 3.99. The smallest absolute Gasteiger partial charge is 0.329 e. The normalized spacial score (nSPS) is 20.9. The van der Waals surface area contributed by atoms with Crippen LogP contribution in [0.5, 0.6) is 5.75 Å². The first-order chi connectivity index (χ1) is 19.5. The first-order valence-electron chi connectivity index (χ1n) is 13.2. The van der Waals surface area contributed by atoms with Gasteiger partial charge in [0.15, 0.2) is 11.4 Å². The molecule has 40 heavy (non-hydrogen) atoms. The van der Waals surface area contributed by atoms with Crippen molar-refractivity contribution in [1.82, 2.24) is 24.9 Å². The summed E-state index contributed by atoms with van der Waals surface area (Å²) in [6, 6.07) is 14.7. The number of urea groups is 1. The van der Waals surface area contributed by atoms with E-state index in [1.807, 2.05) is 54.7 Å². The molecule has 1 aliphatic heterocycles. The number of amides is 3. The second-order valence-electron chi connectivity index (χ2n) is 10.3. The molecule has 3 amide bonds. The van der Waals surface area contributed by atoms with Gasteiger partial charge in [0.1, 0.15) is 6.33 Å². The number of anilines is 1. The number of ether oxygens (including phenoxy) is 1. The maximum atomic E-state index is 13.8. The van der Waals surface area contributed by atoms with Gasteiger partial charge < -0.3 is 10.1 Å². The number of carbonyl (C=O) groups is 2. The third-order valence-electron chi connectivity index (χ3n) is 8.12. The Morgan fingerprint density at radius 1 is 1.07 bits per heavy atom. The van der Waals surface area contributed by atoms with Crippen LogP contribution in [-0.4, -0.2) is 44.7 Å². The molecule has 5 aromatic rings. The Balaban J connectivity index is 1.21. The molecule has 3 aromatic heterocycles. The average Bonchev–Trinajstić information content (AvgIpc) is 3.45. The quantitative estimate of drug-likeness (QED) is 0.311. The Kier molecular flexibility index (Phi) is 5.89. The third kappa shape index (κ3) is 3.88. The Morgan fingerprint density at radius 2 is 1.95 bits per heavy atom. The van der Waals surface area contributed by atoms with Gasteiger partial charge in [-0.25, -0.2) is 19.2 Å². The molecule has 2 fully saturated rings. The fraction of sp³-hybridized carbons (Fsp3) is 0.233. The number of carbonyl (C=O) groups excluding carboxylic acids is 2. The lowest BCUT2D eigenvalue weighted by Gasteiger charge is -2.43. The Labute approximate surface area is 234 Å². The number of pyridine rings is 2. The number of aromatic nitrogens is 4. The molecule has 0 radical (unpaired) electrons. The van der Waals surface area contributed by atoms with E-state index in [-0.39, 0.29) is 23.8 Å².